The van der Waals surface area contributed by atoms with E-state index in [2.05, 4.69) is 10.3 Å². The molecule has 3 aromatic rings. The fourth-order valence-electron chi connectivity index (χ4n) is 2.26. The number of aliphatic hydroxyl groups excluding tert-OH is 1. The molecule has 0 bridgehead atoms. The maximum Gasteiger partial charge on any atom is 0.416 e. The molecule has 2 aromatic heterocycles. The molecule has 0 fully saturated rings. The summed E-state index contributed by atoms with van der Waals surface area (Å²) in [5.41, 5.74) is 1.10. The number of hydrogen-bond donors (Lipinski definition) is 2. The van der Waals surface area contributed by atoms with Gasteiger partial charge in [0.15, 0.2) is 0 Å². The summed E-state index contributed by atoms with van der Waals surface area (Å²) in [5, 5.41) is 15.1. The average molecular weight is 338 g/mol. The van der Waals surface area contributed by atoms with Gasteiger partial charge in [-0.3, -0.25) is 4.98 Å². The van der Waals surface area contributed by atoms with E-state index in [4.69, 9.17) is 0 Å². The summed E-state index contributed by atoms with van der Waals surface area (Å²) >= 11 is 1.51. The molecule has 23 heavy (non-hydrogen) atoms. The fraction of sp³-hybridized carbons (Fsp3) is 0.188. The predicted octanol–water partition coefficient (Wildman–Crippen LogP) is 4.46. The highest BCUT2D eigenvalue weighted by Gasteiger charge is 2.30. The minimum absolute atomic E-state index is 0.109. The van der Waals surface area contributed by atoms with Gasteiger partial charge in [-0.05, 0) is 35.2 Å². The molecule has 0 spiro atoms. The number of thiophene rings is 1. The van der Waals surface area contributed by atoms with Crippen LogP contribution in [-0.4, -0.2) is 16.6 Å². The minimum atomic E-state index is -4.42. The number of fused-ring (bicyclic) bond motifs is 1. The van der Waals surface area contributed by atoms with Gasteiger partial charge < -0.3 is 10.4 Å². The molecule has 0 aliphatic heterocycles. The van der Waals surface area contributed by atoms with Crippen LogP contribution in [0.3, 0.4) is 0 Å². The van der Waals surface area contributed by atoms with Gasteiger partial charge in [-0.1, -0.05) is 12.1 Å². The van der Waals surface area contributed by atoms with Crippen LogP contribution in [0, 0.1) is 0 Å². The lowest BCUT2D eigenvalue weighted by Crippen LogP contribution is -2.13. The number of aliphatic hydroxyl groups is 1. The maximum absolute atomic E-state index is 12.7. The molecule has 1 unspecified atom stereocenters. The van der Waals surface area contributed by atoms with E-state index in [1.54, 1.807) is 12.3 Å². The van der Waals surface area contributed by atoms with Crippen LogP contribution in [0.15, 0.2) is 48.0 Å². The average Bonchev–Trinajstić information content (AvgIpc) is 3.01. The summed E-state index contributed by atoms with van der Waals surface area (Å²) in [7, 11) is 0. The molecule has 2 heterocycles. The first kappa shape index (κ1) is 15.8. The quantitative estimate of drug-likeness (QED) is 0.738. The Morgan fingerprint density at radius 2 is 2.04 bits per heavy atom. The number of pyridine rings is 1. The third-order valence-electron chi connectivity index (χ3n) is 3.43. The molecular weight excluding hydrogens is 325 g/mol. The van der Waals surface area contributed by atoms with Crippen LogP contribution in [0.4, 0.5) is 18.9 Å². The van der Waals surface area contributed by atoms with Gasteiger partial charge in [-0.2, -0.15) is 13.2 Å². The summed E-state index contributed by atoms with van der Waals surface area (Å²) in [4.78, 5) is 4.21. The van der Waals surface area contributed by atoms with Crippen molar-refractivity contribution in [3.05, 3.63) is 59.1 Å². The molecule has 1 atom stereocenters. The molecule has 2 N–H and O–H groups in total. The van der Waals surface area contributed by atoms with E-state index in [1.807, 2.05) is 11.4 Å². The van der Waals surface area contributed by atoms with Crippen LogP contribution in [-0.2, 0) is 6.18 Å². The zero-order chi connectivity index (χ0) is 16.4. The molecule has 0 aliphatic rings. The lowest BCUT2D eigenvalue weighted by atomic mass is 10.1. The second-order valence-corrected chi connectivity index (χ2v) is 5.93. The molecule has 0 radical (unpaired) electrons. The number of nitrogens with zero attached hydrogens (tertiary/aromatic N) is 1. The SMILES string of the molecule is OC(CNc1ccnc2ccsc12)c1cccc(C(F)(F)F)c1. The van der Waals surface area contributed by atoms with Crippen molar-refractivity contribution in [3.63, 3.8) is 0 Å². The summed E-state index contributed by atoms with van der Waals surface area (Å²) < 4.78 is 39.1. The standard InChI is InChI=1S/C16H13F3N2OS/c17-16(18,19)11-3-1-2-10(8-11)14(22)9-21-12-4-6-20-13-5-7-23-15(12)13/h1-8,14,22H,9H2,(H,20,21). The Morgan fingerprint density at radius 1 is 1.22 bits per heavy atom. The molecule has 3 rings (SSSR count). The molecule has 7 heteroatoms. The number of rotatable bonds is 4. The van der Waals surface area contributed by atoms with Gasteiger partial charge in [0.1, 0.15) is 0 Å². The van der Waals surface area contributed by atoms with E-state index < -0.39 is 17.8 Å². The Labute approximate surface area is 134 Å². The molecule has 0 aliphatic carbocycles. The number of aromatic nitrogens is 1. The van der Waals surface area contributed by atoms with Crippen molar-refractivity contribution in [2.24, 2.45) is 0 Å². The Bertz CT molecular complexity index is 816. The van der Waals surface area contributed by atoms with Crippen LogP contribution in [0.1, 0.15) is 17.2 Å². The summed E-state index contributed by atoms with van der Waals surface area (Å²) in [6.45, 7) is 0.109. The van der Waals surface area contributed by atoms with Crippen molar-refractivity contribution < 1.29 is 18.3 Å². The minimum Gasteiger partial charge on any atom is -0.387 e. The first-order chi connectivity index (χ1) is 10.9. The Kier molecular flexibility index (Phi) is 4.23. The Morgan fingerprint density at radius 3 is 2.83 bits per heavy atom. The summed E-state index contributed by atoms with van der Waals surface area (Å²) in [6.07, 6.45) is -3.81. The molecule has 1 aromatic carbocycles. The number of benzene rings is 1. The van der Waals surface area contributed by atoms with Gasteiger partial charge in [0.05, 0.1) is 27.6 Å². The molecule has 120 valence electrons. The zero-order valence-electron chi connectivity index (χ0n) is 11.8. The normalized spacial score (nSPS) is 13.2. The Hall–Kier alpha value is -2.12. The van der Waals surface area contributed by atoms with Gasteiger partial charge >= 0.3 is 6.18 Å². The largest absolute Gasteiger partial charge is 0.416 e. The van der Waals surface area contributed by atoms with Crippen LogP contribution in [0.25, 0.3) is 10.2 Å². The van der Waals surface area contributed by atoms with Crippen molar-refractivity contribution >= 4 is 27.2 Å². The Balaban J connectivity index is 1.75. The van der Waals surface area contributed by atoms with Crippen LogP contribution in [0.5, 0.6) is 0 Å². The van der Waals surface area contributed by atoms with Crippen LogP contribution < -0.4 is 5.32 Å². The molecule has 0 amide bonds. The number of alkyl halides is 3. The van der Waals surface area contributed by atoms with Gasteiger partial charge in [0.2, 0.25) is 0 Å². The molecule has 3 nitrogen and oxygen atoms in total. The van der Waals surface area contributed by atoms with Gasteiger partial charge in [-0.25, -0.2) is 0 Å². The van der Waals surface area contributed by atoms with Crippen molar-refractivity contribution in [1.82, 2.24) is 4.98 Å². The van der Waals surface area contributed by atoms with E-state index in [-0.39, 0.29) is 12.1 Å². The third-order valence-corrected chi connectivity index (χ3v) is 4.37. The lowest BCUT2D eigenvalue weighted by molar-refractivity contribution is -0.137. The lowest BCUT2D eigenvalue weighted by Gasteiger charge is -2.15. The van der Waals surface area contributed by atoms with Crippen molar-refractivity contribution in [2.75, 3.05) is 11.9 Å². The highest BCUT2D eigenvalue weighted by atomic mass is 32.1. The van der Waals surface area contributed by atoms with E-state index in [0.29, 0.717) is 0 Å². The molecular formula is C16H13F3N2OS. The monoisotopic (exact) mass is 338 g/mol. The van der Waals surface area contributed by atoms with Gasteiger partial charge in [0, 0.05) is 12.7 Å². The second kappa shape index (κ2) is 6.17. The maximum atomic E-state index is 12.7. The molecule has 0 saturated carbocycles. The summed E-state index contributed by atoms with van der Waals surface area (Å²) in [6, 6.07) is 8.40. The van der Waals surface area contributed by atoms with Crippen LogP contribution >= 0.6 is 11.3 Å². The predicted molar refractivity (Wildman–Crippen MR) is 84.5 cm³/mol. The van der Waals surface area contributed by atoms with Crippen molar-refractivity contribution in [3.8, 4) is 0 Å². The summed E-state index contributed by atoms with van der Waals surface area (Å²) in [5.74, 6) is 0. The molecule has 0 saturated heterocycles. The number of halogens is 3. The smallest absolute Gasteiger partial charge is 0.387 e. The van der Waals surface area contributed by atoms with E-state index >= 15 is 0 Å². The first-order valence-corrected chi connectivity index (χ1v) is 7.74. The second-order valence-electron chi connectivity index (χ2n) is 5.01. The van der Waals surface area contributed by atoms with Crippen molar-refractivity contribution in [1.29, 1.82) is 0 Å². The van der Waals surface area contributed by atoms with Gasteiger partial charge in [0.25, 0.3) is 0 Å². The van der Waals surface area contributed by atoms with E-state index in [1.165, 1.54) is 23.5 Å². The van der Waals surface area contributed by atoms with Crippen LogP contribution in [0.2, 0.25) is 0 Å². The van der Waals surface area contributed by atoms with E-state index in [0.717, 1.165) is 28.0 Å². The fourth-order valence-corrected chi connectivity index (χ4v) is 3.10. The highest BCUT2D eigenvalue weighted by Crippen LogP contribution is 2.31. The number of nitrogens with one attached hydrogen (secondary N) is 1. The zero-order valence-corrected chi connectivity index (χ0v) is 12.7. The number of hydrogen-bond acceptors (Lipinski definition) is 4. The topological polar surface area (TPSA) is 45.1 Å². The van der Waals surface area contributed by atoms with Crippen molar-refractivity contribution in [2.45, 2.75) is 12.3 Å². The van der Waals surface area contributed by atoms with Gasteiger partial charge in [-0.15, -0.1) is 11.3 Å². The first-order valence-electron chi connectivity index (χ1n) is 6.86. The third kappa shape index (κ3) is 3.46. The highest BCUT2D eigenvalue weighted by molar-refractivity contribution is 7.17. The van der Waals surface area contributed by atoms with E-state index in [9.17, 15) is 18.3 Å². The number of anilines is 1.